The predicted molar refractivity (Wildman–Crippen MR) is 113 cm³/mol. The van der Waals surface area contributed by atoms with Gasteiger partial charge in [0.15, 0.2) is 23.2 Å². The van der Waals surface area contributed by atoms with Gasteiger partial charge in [0.1, 0.15) is 17.9 Å². The normalized spacial score (nSPS) is 20.6. The van der Waals surface area contributed by atoms with E-state index in [1.807, 2.05) is 0 Å². The van der Waals surface area contributed by atoms with Crippen molar-refractivity contribution in [3.63, 3.8) is 0 Å². The fraction of sp³-hybridized carbons (Fsp3) is 0.409. The highest BCUT2D eigenvalue weighted by Crippen LogP contribution is 2.30. The van der Waals surface area contributed by atoms with E-state index in [1.165, 1.54) is 6.33 Å². The molecule has 2 aliphatic heterocycles. The Balaban J connectivity index is 1.36. The van der Waals surface area contributed by atoms with Crippen LogP contribution in [0.5, 0.6) is 11.6 Å². The fourth-order valence-electron chi connectivity index (χ4n) is 3.76. The second-order valence-corrected chi connectivity index (χ2v) is 7.90. The molecule has 0 bridgehead atoms. The van der Waals surface area contributed by atoms with Gasteiger partial charge < -0.3 is 24.8 Å². The van der Waals surface area contributed by atoms with Crippen LogP contribution in [0.25, 0.3) is 11.0 Å². The van der Waals surface area contributed by atoms with Crippen molar-refractivity contribution >= 4 is 22.5 Å². The van der Waals surface area contributed by atoms with Gasteiger partial charge in [-0.3, -0.25) is 0 Å². The van der Waals surface area contributed by atoms with Crippen LogP contribution in [0.15, 0.2) is 30.6 Å². The zero-order valence-corrected chi connectivity index (χ0v) is 17.3. The standard InChI is InChI=1S/C22H23F2N5O3/c23-15-8-19(31-11-13-4-6-30-10-13)16(24)7-18(15)28-22-21-17(26-12-27-22)1-2-20(29-21)32-14-3-5-25-9-14/h1-2,7-8,12-14,25H,3-6,9-11H2,(H,26,27,28)/t13-,14+/m1/s1. The molecule has 2 fully saturated rings. The first kappa shape index (κ1) is 20.8. The smallest absolute Gasteiger partial charge is 0.214 e. The summed E-state index contributed by atoms with van der Waals surface area (Å²) in [4.78, 5) is 12.9. The Hall–Kier alpha value is -3.11. The van der Waals surface area contributed by atoms with Crippen molar-refractivity contribution in [1.82, 2.24) is 20.3 Å². The van der Waals surface area contributed by atoms with E-state index in [9.17, 15) is 8.78 Å². The zero-order valence-electron chi connectivity index (χ0n) is 17.3. The molecule has 2 aromatic heterocycles. The summed E-state index contributed by atoms with van der Waals surface area (Å²) in [7, 11) is 0. The van der Waals surface area contributed by atoms with Crippen molar-refractivity contribution in [2.45, 2.75) is 18.9 Å². The third kappa shape index (κ3) is 4.56. The zero-order chi connectivity index (χ0) is 21.9. The molecule has 2 saturated heterocycles. The Bertz CT molecular complexity index is 1100. The second-order valence-electron chi connectivity index (χ2n) is 7.90. The Morgan fingerprint density at radius 1 is 1.16 bits per heavy atom. The van der Waals surface area contributed by atoms with Crippen LogP contribution >= 0.6 is 0 Å². The lowest BCUT2D eigenvalue weighted by Gasteiger charge is -2.14. The van der Waals surface area contributed by atoms with Crippen molar-refractivity contribution in [2.24, 2.45) is 5.92 Å². The molecule has 1 aromatic carbocycles. The Kier molecular flexibility index (Phi) is 5.95. The molecule has 0 aliphatic carbocycles. The number of ether oxygens (including phenoxy) is 3. The molecule has 0 saturated carbocycles. The van der Waals surface area contributed by atoms with Crippen LogP contribution in [0.2, 0.25) is 0 Å². The van der Waals surface area contributed by atoms with Crippen molar-refractivity contribution in [3.8, 4) is 11.6 Å². The van der Waals surface area contributed by atoms with E-state index >= 15 is 0 Å². The number of hydrogen-bond acceptors (Lipinski definition) is 8. The number of aromatic nitrogens is 3. The molecule has 5 rings (SSSR count). The van der Waals surface area contributed by atoms with Crippen molar-refractivity contribution in [2.75, 3.05) is 38.2 Å². The number of anilines is 2. The first-order chi connectivity index (χ1) is 15.7. The van der Waals surface area contributed by atoms with E-state index in [0.717, 1.165) is 38.1 Å². The van der Waals surface area contributed by atoms with Crippen LogP contribution in [-0.4, -0.2) is 54.0 Å². The second kappa shape index (κ2) is 9.17. The van der Waals surface area contributed by atoms with Crippen LogP contribution in [-0.2, 0) is 4.74 Å². The van der Waals surface area contributed by atoms with E-state index in [4.69, 9.17) is 14.2 Å². The van der Waals surface area contributed by atoms with Crippen LogP contribution in [0, 0.1) is 17.6 Å². The van der Waals surface area contributed by atoms with Gasteiger partial charge in [-0.05, 0) is 25.5 Å². The van der Waals surface area contributed by atoms with Crippen LogP contribution in [0.1, 0.15) is 12.8 Å². The van der Waals surface area contributed by atoms with Crippen LogP contribution in [0.4, 0.5) is 20.3 Å². The largest absolute Gasteiger partial charge is 0.490 e. The molecule has 32 heavy (non-hydrogen) atoms. The molecule has 0 spiro atoms. The van der Waals surface area contributed by atoms with Crippen LogP contribution < -0.4 is 20.1 Å². The Labute approximate surface area is 183 Å². The first-order valence-corrected chi connectivity index (χ1v) is 10.6. The quantitative estimate of drug-likeness (QED) is 0.576. The van der Waals surface area contributed by atoms with E-state index in [1.54, 1.807) is 12.1 Å². The SMILES string of the molecule is Fc1cc(OC[C@@H]2CCOC2)c(F)cc1Nc1ncnc2ccc(O[C@H]3CCNC3)nc12. The third-order valence-electron chi connectivity index (χ3n) is 5.53. The van der Waals surface area contributed by atoms with E-state index in [-0.39, 0.29) is 35.9 Å². The Morgan fingerprint density at radius 3 is 2.91 bits per heavy atom. The summed E-state index contributed by atoms with van der Waals surface area (Å²) in [5.74, 6) is -0.607. The molecule has 0 radical (unpaired) electrons. The molecule has 2 N–H and O–H groups in total. The van der Waals surface area contributed by atoms with Crippen LogP contribution in [0.3, 0.4) is 0 Å². The third-order valence-corrected chi connectivity index (χ3v) is 5.53. The molecule has 2 aliphatic rings. The molecule has 0 amide bonds. The molecule has 3 aromatic rings. The summed E-state index contributed by atoms with van der Waals surface area (Å²) in [6.07, 6.45) is 3.11. The highest BCUT2D eigenvalue weighted by Gasteiger charge is 2.20. The minimum absolute atomic E-state index is 0.0378. The molecular weight excluding hydrogens is 420 g/mol. The number of benzene rings is 1. The number of rotatable bonds is 7. The number of pyridine rings is 1. The molecule has 0 unspecified atom stereocenters. The molecule has 168 valence electrons. The van der Waals surface area contributed by atoms with E-state index in [0.29, 0.717) is 30.1 Å². The maximum atomic E-state index is 14.7. The molecule has 2 atom stereocenters. The molecular formula is C22H23F2N5O3. The number of fused-ring (bicyclic) bond motifs is 1. The lowest BCUT2D eigenvalue weighted by Crippen LogP contribution is -2.20. The van der Waals surface area contributed by atoms with Gasteiger partial charge in [-0.15, -0.1) is 0 Å². The minimum atomic E-state index is -0.670. The predicted octanol–water partition coefficient (Wildman–Crippen LogP) is 3.20. The van der Waals surface area contributed by atoms with Gasteiger partial charge in [0.05, 0.1) is 24.4 Å². The number of hydrogen-bond donors (Lipinski definition) is 2. The maximum Gasteiger partial charge on any atom is 0.214 e. The van der Waals surface area contributed by atoms with E-state index < -0.39 is 11.6 Å². The lowest BCUT2D eigenvalue weighted by molar-refractivity contribution is 0.165. The van der Waals surface area contributed by atoms with Gasteiger partial charge in [-0.1, -0.05) is 0 Å². The van der Waals surface area contributed by atoms with Gasteiger partial charge in [-0.25, -0.2) is 23.7 Å². The van der Waals surface area contributed by atoms with Crippen molar-refractivity contribution < 1.29 is 23.0 Å². The van der Waals surface area contributed by atoms with Gasteiger partial charge in [-0.2, -0.15) is 0 Å². The van der Waals surface area contributed by atoms with Gasteiger partial charge in [0, 0.05) is 37.3 Å². The molecule has 4 heterocycles. The maximum absolute atomic E-state index is 14.7. The fourth-order valence-corrected chi connectivity index (χ4v) is 3.76. The summed E-state index contributed by atoms with van der Waals surface area (Å²) < 4.78 is 46.0. The minimum Gasteiger partial charge on any atom is -0.490 e. The lowest BCUT2D eigenvalue weighted by atomic mass is 10.1. The summed E-state index contributed by atoms with van der Waals surface area (Å²) in [6, 6.07) is 5.58. The number of nitrogens with one attached hydrogen (secondary N) is 2. The monoisotopic (exact) mass is 443 g/mol. The number of nitrogens with zero attached hydrogens (tertiary/aromatic N) is 3. The van der Waals surface area contributed by atoms with Gasteiger partial charge in [0.2, 0.25) is 5.88 Å². The van der Waals surface area contributed by atoms with Gasteiger partial charge in [0.25, 0.3) is 0 Å². The topological polar surface area (TPSA) is 90.4 Å². The van der Waals surface area contributed by atoms with Crippen molar-refractivity contribution in [1.29, 1.82) is 0 Å². The molecule has 8 nitrogen and oxygen atoms in total. The van der Waals surface area contributed by atoms with Gasteiger partial charge >= 0.3 is 0 Å². The van der Waals surface area contributed by atoms with Crippen molar-refractivity contribution in [3.05, 3.63) is 42.2 Å². The number of halogens is 2. The Morgan fingerprint density at radius 2 is 2.09 bits per heavy atom. The molecule has 10 heteroatoms. The highest BCUT2D eigenvalue weighted by atomic mass is 19.1. The average molecular weight is 443 g/mol. The summed E-state index contributed by atoms with van der Waals surface area (Å²) in [5, 5.41) is 6.06. The first-order valence-electron chi connectivity index (χ1n) is 10.6. The average Bonchev–Trinajstić information content (AvgIpc) is 3.50. The summed E-state index contributed by atoms with van der Waals surface area (Å²) >= 11 is 0. The summed E-state index contributed by atoms with van der Waals surface area (Å²) in [5.41, 5.74) is 0.878. The summed E-state index contributed by atoms with van der Waals surface area (Å²) in [6.45, 7) is 3.16. The van der Waals surface area contributed by atoms with E-state index in [2.05, 4.69) is 25.6 Å². The highest BCUT2D eigenvalue weighted by molar-refractivity contribution is 5.87.